The standard InChI is InChI=1S/C18H24N2O3/c1-13-4-6-14(7-5-13)11-20-16(8-9-17(20)22)18(23)19-10-2-3-15(21)12-19/h4-7,15-16,21H,2-3,8-12H2,1H3. The number of aliphatic hydroxyl groups excluding tert-OH is 1. The van der Waals surface area contributed by atoms with E-state index in [1.165, 1.54) is 5.56 Å². The Kier molecular flexibility index (Phi) is 4.66. The summed E-state index contributed by atoms with van der Waals surface area (Å²) in [6.45, 7) is 3.57. The summed E-state index contributed by atoms with van der Waals surface area (Å²) in [5, 5.41) is 9.78. The molecule has 2 unspecified atom stereocenters. The first-order valence-electron chi connectivity index (χ1n) is 8.36. The van der Waals surface area contributed by atoms with E-state index in [1.807, 2.05) is 31.2 Å². The third-order valence-electron chi connectivity index (χ3n) is 4.79. The van der Waals surface area contributed by atoms with Crippen LogP contribution in [0.5, 0.6) is 0 Å². The van der Waals surface area contributed by atoms with Gasteiger partial charge in [0.2, 0.25) is 11.8 Å². The first kappa shape index (κ1) is 16.0. The SMILES string of the molecule is Cc1ccc(CN2C(=O)CCC2C(=O)N2CCCC(O)C2)cc1. The summed E-state index contributed by atoms with van der Waals surface area (Å²) in [5.41, 5.74) is 2.22. The lowest BCUT2D eigenvalue weighted by atomic mass is 10.1. The van der Waals surface area contributed by atoms with Gasteiger partial charge in [-0.15, -0.1) is 0 Å². The number of benzene rings is 1. The number of nitrogens with zero attached hydrogens (tertiary/aromatic N) is 2. The molecule has 5 nitrogen and oxygen atoms in total. The highest BCUT2D eigenvalue weighted by Crippen LogP contribution is 2.24. The van der Waals surface area contributed by atoms with Gasteiger partial charge >= 0.3 is 0 Å². The summed E-state index contributed by atoms with van der Waals surface area (Å²) in [7, 11) is 0. The van der Waals surface area contributed by atoms with Gasteiger partial charge in [0.1, 0.15) is 6.04 Å². The minimum Gasteiger partial charge on any atom is -0.391 e. The van der Waals surface area contributed by atoms with E-state index in [4.69, 9.17) is 0 Å². The Morgan fingerprint density at radius 3 is 2.70 bits per heavy atom. The number of aliphatic hydroxyl groups is 1. The molecule has 0 saturated carbocycles. The van der Waals surface area contributed by atoms with Crippen LogP contribution in [0.15, 0.2) is 24.3 Å². The lowest BCUT2D eigenvalue weighted by molar-refractivity contribution is -0.144. The highest BCUT2D eigenvalue weighted by Gasteiger charge is 2.39. The molecule has 2 amide bonds. The molecule has 0 spiro atoms. The van der Waals surface area contributed by atoms with Crippen molar-refractivity contribution in [3.8, 4) is 0 Å². The number of hydrogen-bond donors (Lipinski definition) is 1. The molecule has 1 aromatic rings. The number of rotatable bonds is 3. The summed E-state index contributed by atoms with van der Waals surface area (Å²) < 4.78 is 0. The Bertz CT molecular complexity index is 584. The van der Waals surface area contributed by atoms with E-state index in [0.717, 1.165) is 18.4 Å². The van der Waals surface area contributed by atoms with E-state index in [-0.39, 0.29) is 17.9 Å². The fourth-order valence-electron chi connectivity index (χ4n) is 3.44. The van der Waals surface area contributed by atoms with E-state index in [1.54, 1.807) is 9.80 Å². The molecule has 0 radical (unpaired) electrons. The zero-order valence-electron chi connectivity index (χ0n) is 13.6. The smallest absolute Gasteiger partial charge is 0.245 e. The van der Waals surface area contributed by atoms with Crippen LogP contribution >= 0.6 is 0 Å². The van der Waals surface area contributed by atoms with Gasteiger partial charge in [-0.05, 0) is 31.7 Å². The number of aryl methyl sites for hydroxylation is 1. The molecule has 23 heavy (non-hydrogen) atoms. The maximum Gasteiger partial charge on any atom is 0.245 e. The molecule has 124 valence electrons. The van der Waals surface area contributed by atoms with Gasteiger partial charge in [-0.1, -0.05) is 29.8 Å². The van der Waals surface area contributed by atoms with Crippen LogP contribution in [-0.2, 0) is 16.1 Å². The summed E-state index contributed by atoms with van der Waals surface area (Å²) in [6.07, 6.45) is 2.15. The number of carbonyl (C=O) groups excluding carboxylic acids is 2. The number of carbonyl (C=O) groups is 2. The Hall–Kier alpha value is -1.88. The van der Waals surface area contributed by atoms with Gasteiger partial charge in [0, 0.05) is 26.1 Å². The second-order valence-electron chi connectivity index (χ2n) is 6.64. The van der Waals surface area contributed by atoms with Crippen molar-refractivity contribution >= 4 is 11.8 Å². The van der Waals surface area contributed by atoms with Crippen LogP contribution < -0.4 is 0 Å². The minimum atomic E-state index is -0.435. The van der Waals surface area contributed by atoms with E-state index < -0.39 is 6.10 Å². The molecule has 0 bridgehead atoms. The van der Waals surface area contributed by atoms with Crippen LogP contribution in [0.4, 0.5) is 0 Å². The Balaban J connectivity index is 1.71. The summed E-state index contributed by atoms with van der Waals surface area (Å²) in [5.74, 6) is 0.0307. The van der Waals surface area contributed by atoms with E-state index in [2.05, 4.69) is 0 Å². The van der Waals surface area contributed by atoms with Crippen molar-refractivity contribution in [1.29, 1.82) is 0 Å². The number of amides is 2. The molecular formula is C18H24N2O3. The normalized spacial score (nSPS) is 25.0. The maximum atomic E-state index is 12.8. The summed E-state index contributed by atoms with van der Waals surface area (Å²) in [4.78, 5) is 28.4. The third-order valence-corrected chi connectivity index (χ3v) is 4.79. The van der Waals surface area contributed by atoms with Crippen LogP contribution in [0.2, 0.25) is 0 Å². The van der Waals surface area contributed by atoms with E-state index in [0.29, 0.717) is 32.5 Å². The second-order valence-corrected chi connectivity index (χ2v) is 6.64. The molecule has 2 heterocycles. The van der Waals surface area contributed by atoms with Crippen molar-refractivity contribution in [3.63, 3.8) is 0 Å². The molecule has 2 fully saturated rings. The van der Waals surface area contributed by atoms with Crippen molar-refractivity contribution in [2.24, 2.45) is 0 Å². The molecule has 1 aromatic carbocycles. The fraction of sp³-hybridized carbons (Fsp3) is 0.556. The Morgan fingerprint density at radius 1 is 1.26 bits per heavy atom. The highest BCUT2D eigenvalue weighted by atomic mass is 16.3. The van der Waals surface area contributed by atoms with Gasteiger partial charge in [-0.3, -0.25) is 9.59 Å². The molecule has 2 aliphatic heterocycles. The van der Waals surface area contributed by atoms with Crippen LogP contribution in [0.3, 0.4) is 0 Å². The monoisotopic (exact) mass is 316 g/mol. The van der Waals surface area contributed by atoms with Crippen molar-refractivity contribution in [2.75, 3.05) is 13.1 Å². The lowest BCUT2D eigenvalue weighted by Crippen LogP contribution is -2.50. The van der Waals surface area contributed by atoms with Gasteiger partial charge in [0.05, 0.1) is 6.10 Å². The van der Waals surface area contributed by atoms with Crippen LogP contribution in [-0.4, -0.2) is 52.0 Å². The third kappa shape index (κ3) is 3.55. The van der Waals surface area contributed by atoms with Crippen LogP contribution in [0, 0.1) is 6.92 Å². The summed E-state index contributed by atoms with van der Waals surface area (Å²) in [6, 6.07) is 7.68. The van der Waals surface area contributed by atoms with Gasteiger partial charge in [-0.25, -0.2) is 0 Å². The van der Waals surface area contributed by atoms with Crippen molar-refractivity contribution in [2.45, 2.75) is 51.3 Å². The van der Waals surface area contributed by atoms with Crippen LogP contribution in [0.1, 0.15) is 36.8 Å². The quantitative estimate of drug-likeness (QED) is 0.918. The molecule has 1 N–H and O–H groups in total. The van der Waals surface area contributed by atoms with E-state index >= 15 is 0 Å². The fourth-order valence-corrected chi connectivity index (χ4v) is 3.44. The molecule has 0 aromatic heterocycles. The van der Waals surface area contributed by atoms with Gasteiger partial charge < -0.3 is 14.9 Å². The van der Waals surface area contributed by atoms with Crippen molar-refractivity contribution in [3.05, 3.63) is 35.4 Å². The van der Waals surface area contributed by atoms with E-state index in [9.17, 15) is 14.7 Å². The Labute approximate surface area is 136 Å². The number of hydrogen-bond acceptors (Lipinski definition) is 3. The molecule has 2 aliphatic rings. The minimum absolute atomic E-state index is 0.0123. The molecule has 3 rings (SSSR count). The number of β-amino-alcohol motifs (C(OH)–C–C–N with tert-alkyl or cyclic N) is 1. The predicted octanol–water partition coefficient (Wildman–Crippen LogP) is 1.47. The van der Waals surface area contributed by atoms with Crippen LogP contribution in [0.25, 0.3) is 0 Å². The molecule has 5 heteroatoms. The second kappa shape index (κ2) is 6.71. The lowest BCUT2D eigenvalue weighted by Gasteiger charge is -2.34. The highest BCUT2D eigenvalue weighted by molar-refractivity contribution is 5.91. The summed E-state index contributed by atoms with van der Waals surface area (Å²) >= 11 is 0. The maximum absolute atomic E-state index is 12.8. The number of likely N-dealkylation sites (tertiary alicyclic amines) is 2. The van der Waals surface area contributed by atoms with Crippen molar-refractivity contribution < 1.29 is 14.7 Å². The Morgan fingerprint density at radius 2 is 2.00 bits per heavy atom. The average molecular weight is 316 g/mol. The van der Waals surface area contributed by atoms with Crippen molar-refractivity contribution in [1.82, 2.24) is 9.80 Å². The molecule has 0 aliphatic carbocycles. The van der Waals surface area contributed by atoms with Gasteiger partial charge in [0.15, 0.2) is 0 Å². The molecule has 2 saturated heterocycles. The first-order chi connectivity index (χ1) is 11.0. The van der Waals surface area contributed by atoms with Gasteiger partial charge in [0.25, 0.3) is 0 Å². The average Bonchev–Trinajstić information content (AvgIpc) is 2.90. The van der Waals surface area contributed by atoms with Gasteiger partial charge in [-0.2, -0.15) is 0 Å². The zero-order chi connectivity index (χ0) is 16.4. The largest absolute Gasteiger partial charge is 0.391 e. The number of piperidine rings is 1. The zero-order valence-corrected chi connectivity index (χ0v) is 13.6. The molecule has 2 atom stereocenters. The first-order valence-corrected chi connectivity index (χ1v) is 8.36. The molecular weight excluding hydrogens is 292 g/mol. The topological polar surface area (TPSA) is 60.9 Å². The predicted molar refractivity (Wildman–Crippen MR) is 86.6 cm³/mol.